The van der Waals surface area contributed by atoms with Gasteiger partial charge in [-0.1, -0.05) is 31.0 Å². The molecular formula is C24H27N3O5S. The predicted octanol–water partition coefficient (Wildman–Crippen LogP) is 3.80. The number of para-hydroxylation sites is 1. The summed E-state index contributed by atoms with van der Waals surface area (Å²) in [7, 11) is -2.38. The maximum Gasteiger partial charge on any atom is 0.338 e. The number of hydrogen-bond donors (Lipinski definition) is 0. The van der Waals surface area contributed by atoms with E-state index in [-0.39, 0.29) is 22.8 Å². The fraction of sp³-hybridized carbons (Fsp3) is 0.333. The van der Waals surface area contributed by atoms with E-state index in [9.17, 15) is 13.2 Å². The second kappa shape index (κ2) is 10.2. The highest BCUT2D eigenvalue weighted by Gasteiger charge is 2.29. The summed E-state index contributed by atoms with van der Waals surface area (Å²) in [5.74, 6) is -0.405. The Morgan fingerprint density at radius 1 is 1.03 bits per heavy atom. The second-order valence-corrected chi connectivity index (χ2v) is 9.80. The summed E-state index contributed by atoms with van der Waals surface area (Å²) in [5, 5.41) is 4.29. The van der Waals surface area contributed by atoms with Crippen LogP contribution in [0.3, 0.4) is 0 Å². The molecule has 1 saturated heterocycles. The number of carbonyl (C=O) groups is 1. The van der Waals surface area contributed by atoms with Crippen molar-refractivity contribution in [1.29, 1.82) is 0 Å². The van der Waals surface area contributed by atoms with Crippen molar-refractivity contribution in [3.63, 3.8) is 0 Å². The first-order chi connectivity index (χ1) is 16.0. The first-order valence-corrected chi connectivity index (χ1v) is 12.4. The Morgan fingerprint density at radius 2 is 1.76 bits per heavy atom. The average molecular weight is 470 g/mol. The summed E-state index contributed by atoms with van der Waals surface area (Å²) in [6.07, 6.45) is 7.07. The largest absolute Gasteiger partial charge is 0.495 e. The van der Waals surface area contributed by atoms with Gasteiger partial charge < -0.3 is 9.47 Å². The van der Waals surface area contributed by atoms with E-state index in [0.717, 1.165) is 36.9 Å². The molecule has 1 fully saturated rings. The van der Waals surface area contributed by atoms with Gasteiger partial charge in [0.05, 0.1) is 24.6 Å². The van der Waals surface area contributed by atoms with E-state index in [1.54, 1.807) is 17.1 Å². The second-order valence-electron chi connectivity index (χ2n) is 7.89. The smallest absolute Gasteiger partial charge is 0.338 e. The van der Waals surface area contributed by atoms with E-state index in [2.05, 4.69) is 5.10 Å². The van der Waals surface area contributed by atoms with E-state index in [1.807, 2.05) is 30.3 Å². The number of hydrogen-bond acceptors (Lipinski definition) is 6. The number of aromatic nitrogens is 2. The number of carbonyl (C=O) groups excluding carboxylic acids is 1. The van der Waals surface area contributed by atoms with Gasteiger partial charge >= 0.3 is 5.97 Å². The van der Waals surface area contributed by atoms with Gasteiger partial charge in [0, 0.05) is 24.8 Å². The van der Waals surface area contributed by atoms with Crippen molar-refractivity contribution in [2.45, 2.75) is 37.2 Å². The summed E-state index contributed by atoms with van der Waals surface area (Å²) >= 11 is 0. The van der Waals surface area contributed by atoms with Gasteiger partial charge in [-0.15, -0.1) is 0 Å². The third kappa shape index (κ3) is 5.26. The molecule has 0 amide bonds. The van der Waals surface area contributed by atoms with Gasteiger partial charge in [0.15, 0.2) is 0 Å². The van der Waals surface area contributed by atoms with Crippen LogP contribution in [0.4, 0.5) is 0 Å². The zero-order chi connectivity index (χ0) is 23.3. The van der Waals surface area contributed by atoms with Crippen molar-refractivity contribution in [1.82, 2.24) is 14.1 Å². The van der Waals surface area contributed by atoms with Gasteiger partial charge in [0.2, 0.25) is 10.0 Å². The summed E-state index contributed by atoms with van der Waals surface area (Å²) in [6.45, 7) is 0.947. The molecule has 0 aliphatic carbocycles. The lowest BCUT2D eigenvalue weighted by Crippen LogP contribution is -2.32. The van der Waals surface area contributed by atoms with E-state index in [4.69, 9.17) is 9.47 Å². The number of nitrogens with zero attached hydrogens (tertiary/aromatic N) is 3. The molecule has 0 unspecified atom stereocenters. The Balaban J connectivity index is 1.50. The summed E-state index contributed by atoms with van der Waals surface area (Å²) in [4.78, 5) is 12.7. The molecule has 174 valence electrons. The van der Waals surface area contributed by atoms with E-state index < -0.39 is 16.0 Å². The Labute approximate surface area is 193 Å². The SMILES string of the molecule is COc1ccc(C(=O)OCc2cnn(-c3ccccc3)c2)cc1S(=O)(=O)N1CCCCCC1. The molecule has 8 nitrogen and oxygen atoms in total. The Bertz CT molecular complexity index is 1200. The molecule has 1 aliphatic heterocycles. The quantitative estimate of drug-likeness (QED) is 0.489. The van der Waals surface area contributed by atoms with Crippen LogP contribution in [0.1, 0.15) is 41.6 Å². The van der Waals surface area contributed by atoms with Crippen LogP contribution >= 0.6 is 0 Å². The Kier molecular flexibility index (Phi) is 7.10. The van der Waals surface area contributed by atoms with E-state index in [0.29, 0.717) is 13.1 Å². The average Bonchev–Trinajstić information content (AvgIpc) is 3.14. The van der Waals surface area contributed by atoms with Crippen LogP contribution in [0.15, 0.2) is 65.8 Å². The van der Waals surface area contributed by atoms with Crippen LogP contribution in [-0.4, -0.2) is 48.7 Å². The molecule has 9 heteroatoms. The summed E-state index contributed by atoms with van der Waals surface area (Å²) < 4.78 is 40.5. The highest BCUT2D eigenvalue weighted by molar-refractivity contribution is 7.89. The number of benzene rings is 2. The minimum Gasteiger partial charge on any atom is -0.495 e. The number of sulfonamides is 1. The van der Waals surface area contributed by atoms with Crippen molar-refractivity contribution in [2.24, 2.45) is 0 Å². The normalized spacial score (nSPS) is 15.1. The molecule has 0 atom stereocenters. The maximum absolute atomic E-state index is 13.3. The van der Waals surface area contributed by atoms with Crippen molar-refractivity contribution in [3.05, 3.63) is 72.1 Å². The molecule has 0 radical (unpaired) electrons. The minimum absolute atomic E-state index is 0.0155. The van der Waals surface area contributed by atoms with Crippen LogP contribution < -0.4 is 4.74 Å². The Morgan fingerprint density at radius 3 is 2.45 bits per heavy atom. The highest BCUT2D eigenvalue weighted by Crippen LogP contribution is 2.29. The number of esters is 1. The predicted molar refractivity (Wildman–Crippen MR) is 123 cm³/mol. The van der Waals surface area contributed by atoms with Crippen LogP contribution in [0.5, 0.6) is 5.75 Å². The molecule has 2 aromatic carbocycles. The van der Waals surface area contributed by atoms with Crippen molar-refractivity contribution in [3.8, 4) is 11.4 Å². The van der Waals surface area contributed by atoms with E-state index in [1.165, 1.54) is 29.6 Å². The molecule has 4 rings (SSSR count). The van der Waals surface area contributed by atoms with Crippen molar-refractivity contribution in [2.75, 3.05) is 20.2 Å². The number of methoxy groups -OCH3 is 1. The molecule has 0 bridgehead atoms. The molecule has 0 spiro atoms. The first kappa shape index (κ1) is 23.0. The number of ether oxygens (including phenoxy) is 2. The van der Waals surface area contributed by atoms with Gasteiger partial charge in [-0.3, -0.25) is 0 Å². The van der Waals surface area contributed by atoms with Gasteiger partial charge in [-0.2, -0.15) is 9.40 Å². The molecule has 2 heterocycles. The van der Waals surface area contributed by atoms with Gasteiger partial charge in [-0.25, -0.2) is 17.9 Å². The van der Waals surface area contributed by atoms with Gasteiger partial charge in [-0.05, 0) is 43.2 Å². The first-order valence-electron chi connectivity index (χ1n) is 10.9. The minimum atomic E-state index is -3.79. The van der Waals surface area contributed by atoms with Crippen LogP contribution in [0.2, 0.25) is 0 Å². The molecule has 0 N–H and O–H groups in total. The lowest BCUT2D eigenvalue weighted by molar-refractivity contribution is 0.0472. The van der Waals surface area contributed by atoms with E-state index >= 15 is 0 Å². The molecule has 1 aliphatic rings. The Hall–Kier alpha value is -3.17. The maximum atomic E-state index is 13.3. The van der Waals surface area contributed by atoms with Crippen LogP contribution in [0, 0.1) is 0 Å². The topological polar surface area (TPSA) is 90.7 Å². The molecule has 3 aromatic rings. The molecule has 0 saturated carbocycles. The fourth-order valence-electron chi connectivity index (χ4n) is 3.82. The number of rotatable bonds is 7. The molecule has 1 aromatic heterocycles. The highest BCUT2D eigenvalue weighted by atomic mass is 32.2. The zero-order valence-corrected chi connectivity index (χ0v) is 19.3. The fourth-order valence-corrected chi connectivity index (χ4v) is 5.51. The zero-order valence-electron chi connectivity index (χ0n) is 18.5. The third-order valence-corrected chi connectivity index (χ3v) is 7.53. The van der Waals surface area contributed by atoms with Gasteiger partial charge in [0.1, 0.15) is 17.3 Å². The van der Waals surface area contributed by atoms with Crippen molar-refractivity contribution >= 4 is 16.0 Å². The summed E-state index contributed by atoms with van der Waals surface area (Å²) in [6, 6.07) is 13.9. The third-order valence-electron chi connectivity index (χ3n) is 5.61. The molecule has 33 heavy (non-hydrogen) atoms. The van der Waals surface area contributed by atoms with Gasteiger partial charge in [0.25, 0.3) is 0 Å². The standard InChI is InChI=1S/C24H27N3O5S/c1-31-22-12-11-20(15-23(22)33(29,30)26-13-7-2-3-8-14-26)24(28)32-18-19-16-25-27(17-19)21-9-5-4-6-10-21/h4-6,9-12,15-17H,2-3,7-8,13-14,18H2,1H3. The summed E-state index contributed by atoms with van der Waals surface area (Å²) in [5.41, 5.74) is 1.77. The lowest BCUT2D eigenvalue weighted by Gasteiger charge is -2.21. The molecular weight excluding hydrogens is 442 g/mol. The lowest BCUT2D eigenvalue weighted by atomic mass is 10.2. The van der Waals surface area contributed by atoms with Crippen LogP contribution in [0.25, 0.3) is 5.69 Å². The van der Waals surface area contributed by atoms with Crippen molar-refractivity contribution < 1.29 is 22.7 Å². The van der Waals surface area contributed by atoms with Crippen LogP contribution in [-0.2, 0) is 21.4 Å². The monoisotopic (exact) mass is 469 g/mol.